The summed E-state index contributed by atoms with van der Waals surface area (Å²) in [7, 11) is 0. The lowest BCUT2D eigenvalue weighted by Crippen LogP contribution is -2.12. The second-order valence-corrected chi connectivity index (χ2v) is 4.37. The van der Waals surface area contributed by atoms with Crippen LogP contribution in [0.15, 0.2) is 30.3 Å². The molecule has 0 aliphatic rings. The molecule has 1 aromatic heterocycles. The van der Waals surface area contributed by atoms with Gasteiger partial charge in [0.2, 0.25) is 0 Å². The number of anilines is 1. The van der Waals surface area contributed by atoms with E-state index in [-0.39, 0.29) is 16.7 Å². The van der Waals surface area contributed by atoms with Crippen LogP contribution < -0.4 is 10.5 Å². The first-order valence-electron chi connectivity index (χ1n) is 5.97. The first-order valence-corrected chi connectivity index (χ1v) is 6.35. The molecule has 0 aliphatic heterocycles. The van der Waals surface area contributed by atoms with E-state index in [0.29, 0.717) is 5.82 Å². The topological polar surface area (TPSA) is 98.3 Å². The fourth-order valence-corrected chi connectivity index (χ4v) is 1.77. The maximum Gasteiger partial charge on any atom is 0.341 e. The van der Waals surface area contributed by atoms with Crippen LogP contribution in [0.4, 0.5) is 5.82 Å². The van der Waals surface area contributed by atoms with Gasteiger partial charge in [0.25, 0.3) is 0 Å². The van der Waals surface area contributed by atoms with Crippen LogP contribution in [-0.4, -0.2) is 27.7 Å². The number of hydrogen-bond acceptors (Lipinski definition) is 5. The summed E-state index contributed by atoms with van der Waals surface area (Å²) in [5.74, 6) is -0.873. The third-order valence-electron chi connectivity index (χ3n) is 2.43. The van der Waals surface area contributed by atoms with E-state index < -0.39 is 12.6 Å². The Morgan fingerprint density at radius 2 is 2.00 bits per heavy atom. The van der Waals surface area contributed by atoms with Gasteiger partial charge in [0.15, 0.2) is 29.2 Å². The number of carboxylic acid groups (broad SMARTS) is 1. The molecule has 6 nitrogen and oxygen atoms in total. The SMILES string of the molecule is Nc1nc(/C=C/c2ccccc2)nc(Cl)c1OCC(=O)O. The van der Waals surface area contributed by atoms with Crippen molar-refractivity contribution >= 4 is 35.5 Å². The first kappa shape index (κ1) is 14.8. The Kier molecular flexibility index (Phi) is 4.73. The summed E-state index contributed by atoms with van der Waals surface area (Å²) in [5.41, 5.74) is 6.66. The molecule has 0 spiro atoms. The van der Waals surface area contributed by atoms with Crippen LogP contribution in [0.25, 0.3) is 12.2 Å². The summed E-state index contributed by atoms with van der Waals surface area (Å²) in [5, 5.41) is 8.53. The number of carboxylic acids is 1. The smallest absolute Gasteiger partial charge is 0.341 e. The minimum atomic E-state index is -1.14. The van der Waals surface area contributed by atoms with E-state index in [0.717, 1.165) is 5.56 Å². The van der Waals surface area contributed by atoms with Crippen molar-refractivity contribution in [3.63, 3.8) is 0 Å². The zero-order chi connectivity index (χ0) is 15.2. The van der Waals surface area contributed by atoms with Crippen molar-refractivity contribution < 1.29 is 14.6 Å². The normalized spacial score (nSPS) is 10.7. The maximum atomic E-state index is 10.5. The Morgan fingerprint density at radius 3 is 2.62 bits per heavy atom. The highest BCUT2D eigenvalue weighted by Gasteiger charge is 2.12. The van der Waals surface area contributed by atoms with E-state index >= 15 is 0 Å². The van der Waals surface area contributed by atoms with Gasteiger partial charge in [0, 0.05) is 0 Å². The molecule has 0 saturated carbocycles. The number of hydrogen-bond donors (Lipinski definition) is 2. The molecule has 0 aliphatic carbocycles. The summed E-state index contributed by atoms with van der Waals surface area (Å²) < 4.78 is 4.94. The van der Waals surface area contributed by atoms with Crippen LogP contribution in [0.2, 0.25) is 5.15 Å². The molecule has 3 N–H and O–H groups in total. The minimum absolute atomic E-state index is 0.0102. The van der Waals surface area contributed by atoms with Crippen molar-refractivity contribution in [3.05, 3.63) is 46.9 Å². The van der Waals surface area contributed by atoms with Gasteiger partial charge in [-0.1, -0.05) is 48.0 Å². The van der Waals surface area contributed by atoms with Crippen molar-refractivity contribution in [2.45, 2.75) is 0 Å². The first-order chi connectivity index (χ1) is 10.1. The molecule has 7 heteroatoms. The molecule has 0 unspecified atom stereocenters. The van der Waals surface area contributed by atoms with Gasteiger partial charge in [-0.25, -0.2) is 14.8 Å². The lowest BCUT2D eigenvalue weighted by Gasteiger charge is -2.07. The highest BCUT2D eigenvalue weighted by molar-refractivity contribution is 6.31. The van der Waals surface area contributed by atoms with Gasteiger partial charge in [0.1, 0.15) is 0 Å². The van der Waals surface area contributed by atoms with E-state index in [4.69, 9.17) is 27.2 Å². The minimum Gasteiger partial charge on any atom is -0.479 e. The predicted molar refractivity (Wildman–Crippen MR) is 80.0 cm³/mol. The van der Waals surface area contributed by atoms with Crippen molar-refractivity contribution in [1.29, 1.82) is 0 Å². The summed E-state index contributed by atoms with van der Waals surface area (Å²) in [6.45, 7) is -0.563. The third kappa shape index (κ3) is 4.19. The molecular formula is C14H12ClN3O3. The summed E-state index contributed by atoms with van der Waals surface area (Å²) in [4.78, 5) is 18.5. The van der Waals surface area contributed by atoms with E-state index in [1.54, 1.807) is 6.08 Å². The number of rotatable bonds is 5. The second-order valence-electron chi connectivity index (χ2n) is 4.01. The number of carbonyl (C=O) groups is 1. The molecule has 0 saturated heterocycles. The largest absolute Gasteiger partial charge is 0.479 e. The van der Waals surface area contributed by atoms with Crippen LogP contribution >= 0.6 is 11.6 Å². The average molecular weight is 306 g/mol. The third-order valence-corrected chi connectivity index (χ3v) is 2.69. The summed E-state index contributed by atoms with van der Waals surface area (Å²) in [6.07, 6.45) is 3.46. The number of benzene rings is 1. The number of aromatic nitrogens is 2. The lowest BCUT2D eigenvalue weighted by atomic mass is 10.2. The number of nitrogens with two attached hydrogens (primary N) is 1. The van der Waals surface area contributed by atoms with Gasteiger partial charge in [-0.2, -0.15) is 0 Å². The molecule has 1 aromatic carbocycles. The van der Waals surface area contributed by atoms with Crippen LogP contribution in [0.3, 0.4) is 0 Å². The van der Waals surface area contributed by atoms with Crippen molar-refractivity contribution in [3.8, 4) is 5.75 Å². The van der Waals surface area contributed by atoms with Crippen LogP contribution in [0, 0.1) is 0 Å². The molecule has 0 amide bonds. The van der Waals surface area contributed by atoms with Crippen LogP contribution in [-0.2, 0) is 4.79 Å². The van der Waals surface area contributed by atoms with Gasteiger partial charge in [0.05, 0.1) is 0 Å². The lowest BCUT2D eigenvalue weighted by molar-refractivity contribution is -0.139. The Labute approximate surface area is 125 Å². The van der Waals surface area contributed by atoms with Crippen LogP contribution in [0.5, 0.6) is 5.75 Å². The zero-order valence-corrected chi connectivity index (χ0v) is 11.6. The number of nitrogen functional groups attached to an aromatic ring is 1. The number of aliphatic carboxylic acids is 1. The molecule has 2 rings (SSSR count). The molecule has 0 fully saturated rings. The number of halogens is 1. The number of nitrogens with zero attached hydrogens (tertiary/aromatic N) is 2. The van der Waals surface area contributed by atoms with E-state index in [2.05, 4.69) is 9.97 Å². The predicted octanol–water partition coefficient (Wildman–Crippen LogP) is 2.35. The maximum absolute atomic E-state index is 10.5. The van der Waals surface area contributed by atoms with Crippen LogP contribution in [0.1, 0.15) is 11.4 Å². The fourth-order valence-electron chi connectivity index (χ4n) is 1.53. The summed E-state index contributed by atoms with van der Waals surface area (Å²) >= 11 is 5.92. The van der Waals surface area contributed by atoms with Gasteiger partial charge in [-0.05, 0) is 11.6 Å². The zero-order valence-electron chi connectivity index (χ0n) is 10.9. The fraction of sp³-hybridized carbons (Fsp3) is 0.0714. The molecule has 0 radical (unpaired) electrons. The Morgan fingerprint density at radius 1 is 1.29 bits per heavy atom. The van der Waals surface area contributed by atoms with Gasteiger partial charge in [-0.3, -0.25) is 0 Å². The Balaban J connectivity index is 2.19. The molecule has 2 aromatic rings. The standard InChI is InChI=1S/C14H12ClN3O3/c15-13-12(21-8-11(19)20)14(16)18-10(17-13)7-6-9-4-2-1-3-5-9/h1-7H,8H2,(H,19,20)(H2,16,17,18)/b7-6+. The van der Waals surface area contributed by atoms with E-state index in [9.17, 15) is 4.79 Å². The summed E-state index contributed by atoms with van der Waals surface area (Å²) in [6, 6.07) is 9.57. The molecule has 108 valence electrons. The highest BCUT2D eigenvalue weighted by atomic mass is 35.5. The Bertz CT molecular complexity index is 651. The van der Waals surface area contributed by atoms with Gasteiger partial charge < -0.3 is 15.6 Å². The van der Waals surface area contributed by atoms with Gasteiger partial charge >= 0.3 is 5.97 Å². The van der Waals surface area contributed by atoms with Gasteiger partial charge in [-0.15, -0.1) is 0 Å². The highest BCUT2D eigenvalue weighted by Crippen LogP contribution is 2.28. The molecule has 1 heterocycles. The van der Waals surface area contributed by atoms with E-state index in [1.165, 1.54) is 0 Å². The monoisotopic (exact) mass is 305 g/mol. The Hall–Kier alpha value is -2.60. The quantitative estimate of drug-likeness (QED) is 0.823. The van der Waals surface area contributed by atoms with Crippen molar-refractivity contribution in [1.82, 2.24) is 9.97 Å². The average Bonchev–Trinajstić information content (AvgIpc) is 2.45. The van der Waals surface area contributed by atoms with Crippen molar-refractivity contribution in [2.24, 2.45) is 0 Å². The number of ether oxygens (including phenoxy) is 1. The molecular weight excluding hydrogens is 294 g/mol. The molecule has 21 heavy (non-hydrogen) atoms. The second kappa shape index (κ2) is 6.71. The van der Waals surface area contributed by atoms with Crippen molar-refractivity contribution in [2.75, 3.05) is 12.3 Å². The molecule has 0 bridgehead atoms. The van der Waals surface area contributed by atoms with E-state index in [1.807, 2.05) is 36.4 Å². The molecule has 0 atom stereocenters.